The van der Waals surface area contributed by atoms with Gasteiger partial charge in [0.15, 0.2) is 0 Å². The number of allylic oxidation sites excluding steroid dienone is 1. The van der Waals surface area contributed by atoms with E-state index in [-0.39, 0.29) is 12.1 Å². The highest BCUT2D eigenvalue weighted by Crippen LogP contribution is 2.41. The Bertz CT molecular complexity index is 1550. The first-order valence-corrected chi connectivity index (χ1v) is 13.9. The van der Waals surface area contributed by atoms with E-state index < -0.39 is 0 Å². The molecule has 1 unspecified atom stereocenters. The van der Waals surface area contributed by atoms with Crippen LogP contribution in [0.15, 0.2) is 73.2 Å². The number of piperazine rings is 1. The van der Waals surface area contributed by atoms with E-state index in [1.54, 1.807) is 12.1 Å². The maximum absolute atomic E-state index is 13.0. The molecule has 1 atom stereocenters. The first-order chi connectivity index (χ1) is 19.5. The van der Waals surface area contributed by atoms with Gasteiger partial charge in [-0.3, -0.25) is 9.88 Å². The van der Waals surface area contributed by atoms with Crippen molar-refractivity contribution < 1.29 is 4.79 Å². The van der Waals surface area contributed by atoms with Crippen molar-refractivity contribution in [1.29, 1.82) is 0 Å². The number of fused-ring (bicyclic) bond motifs is 2. The van der Waals surface area contributed by atoms with Crippen LogP contribution in [0.5, 0.6) is 0 Å². The lowest BCUT2D eigenvalue weighted by Crippen LogP contribution is -2.51. The summed E-state index contributed by atoms with van der Waals surface area (Å²) in [5.74, 6) is 0.999. The van der Waals surface area contributed by atoms with E-state index >= 15 is 0 Å². The zero-order chi connectivity index (χ0) is 27.6. The lowest BCUT2D eigenvalue weighted by Gasteiger charge is -2.39. The summed E-state index contributed by atoms with van der Waals surface area (Å²) in [4.78, 5) is 26.6. The largest absolute Gasteiger partial charge is 0.399 e. The average molecular weight is 554 g/mol. The quantitative estimate of drug-likeness (QED) is 0.309. The van der Waals surface area contributed by atoms with Gasteiger partial charge in [0.2, 0.25) is 0 Å². The zero-order valence-corrected chi connectivity index (χ0v) is 23.2. The number of nitrogen functional groups attached to an aromatic ring is 1. The molecule has 2 amide bonds. The Balaban J connectivity index is 1.26. The van der Waals surface area contributed by atoms with Crippen LogP contribution >= 0.6 is 11.6 Å². The van der Waals surface area contributed by atoms with Crippen LogP contribution in [0.25, 0.3) is 11.6 Å². The molecule has 1 saturated heterocycles. The van der Waals surface area contributed by atoms with Crippen molar-refractivity contribution in [3.05, 3.63) is 106 Å². The summed E-state index contributed by atoms with van der Waals surface area (Å²) < 4.78 is 2.17. The molecule has 4 aromatic rings. The van der Waals surface area contributed by atoms with Crippen molar-refractivity contribution in [2.75, 3.05) is 37.2 Å². The maximum atomic E-state index is 13.0. The molecule has 40 heavy (non-hydrogen) atoms. The molecule has 1 aliphatic heterocycles. The molecule has 3 heterocycles. The van der Waals surface area contributed by atoms with Gasteiger partial charge in [-0.15, -0.1) is 0 Å². The number of imidazole rings is 1. The highest BCUT2D eigenvalue weighted by atomic mass is 35.5. The van der Waals surface area contributed by atoms with Crippen molar-refractivity contribution in [2.45, 2.75) is 25.9 Å². The van der Waals surface area contributed by atoms with E-state index in [1.807, 2.05) is 54.7 Å². The summed E-state index contributed by atoms with van der Waals surface area (Å²) >= 11 is 6.56. The van der Waals surface area contributed by atoms with Crippen molar-refractivity contribution in [2.24, 2.45) is 0 Å². The number of carbonyl (C=O) groups is 1. The van der Waals surface area contributed by atoms with Crippen molar-refractivity contribution in [3.8, 4) is 0 Å². The number of nitrogens with zero attached hydrogens (tertiary/aromatic N) is 5. The van der Waals surface area contributed by atoms with Gasteiger partial charge in [0.05, 0.1) is 11.7 Å². The molecule has 0 spiro atoms. The number of nitrogens with two attached hydrogens (primary N) is 1. The van der Waals surface area contributed by atoms with Crippen LogP contribution in [0, 0.1) is 6.92 Å². The Labute approximate surface area is 239 Å². The minimum Gasteiger partial charge on any atom is -0.399 e. The van der Waals surface area contributed by atoms with Gasteiger partial charge < -0.3 is 20.5 Å². The maximum Gasteiger partial charge on any atom is 0.321 e. The third-order valence-electron chi connectivity index (χ3n) is 7.79. The smallest absolute Gasteiger partial charge is 0.321 e. The molecule has 2 aliphatic rings. The number of anilines is 2. The van der Waals surface area contributed by atoms with Crippen molar-refractivity contribution in [3.63, 3.8) is 0 Å². The van der Waals surface area contributed by atoms with E-state index in [0.717, 1.165) is 54.4 Å². The number of benzene rings is 2. The molecule has 204 valence electrons. The van der Waals surface area contributed by atoms with Gasteiger partial charge in [0.1, 0.15) is 5.82 Å². The minimum atomic E-state index is -0.102. The number of aryl methyl sites for hydroxylation is 2. The number of nitrogens with one attached hydrogen (secondary N) is 1. The monoisotopic (exact) mass is 553 g/mol. The molecular weight excluding hydrogens is 522 g/mol. The van der Waals surface area contributed by atoms with Gasteiger partial charge in [0.25, 0.3) is 0 Å². The summed E-state index contributed by atoms with van der Waals surface area (Å²) in [5, 5.41) is 3.70. The van der Waals surface area contributed by atoms with Crippen LogP contribution in [0.2, 0.25) is 5.02 Å². The molecule has 1 aliphatic carbocycles. The number of pyridine rings is 1. The van der Waals surface area contributed by atoms with Crippen LogP contribution in [-0.2, 0) is 6.54 Å². The fourth-order valence-electron chi connectivity index (χ4n) is 5.65. The number of amides is 2. The molecule has 0 saturated carbocycles. The average Bonchev–Trinajstić information content (AvgIpc) is 3.32. The molecule has 1 fully saturated rings. The van der Waals surface area contributed by atoms with Crippen LogP contribution in [0.4, 0.5) is 16.2 Å². The van der Waals surface area contributed by atoms with Crippen LogP contribution in [0.3, 0.4) is 0 Å². The molecule has 2 aromatic heterocycles. The Morgan fingerprint density at radius 2 is 1.85 bits per heavy atom. The van der Waals surface area contributed by atoms with E-state index in [0.29, 0.717) is 23.8 Å². The lowest BCUT2D eigenvalue weighted by atomic mass is 9.92. The third kappa shape index (κ3) is 5.33. The number of rotatable bonds is 5. The topological polar surface area (TPSA) is 92.3 Å². The predicted molar refractivity (Wildman–Crippen MR) is 160 cm³/mol. The molecule has 3 N–H and O–H groups in total. The Morgan fingerprint density at radius 1 is 1.05 bits per heavy atom. The normalized spacial score (nSPS) is 17.0. The zero-order valence-electron chi connectivity index (χ0n) is 22.4. The fourth-order valence-corrected chi connectivity index (χ4v) is 5.82. The number of urea groups is 1. The molecular formula is C31H32ClN7O. The number of hydrogen-bond donors (Lipinski definition) is 2. The summed E-state index contributed by atoms with van der Waals surface area (Å²) in [6.45, 7) is 5.52. The summed E-state index contributed by atoms with van der Waals surface area (Å²) in [6, 6.07) is 17.4. The van der Waals surface area contributed by atoms with Gasteiger partial charge in [0, 0.05) is 67.7 Å². The first-order valence-electron chi connectivity index (χ1n) is 13.5. The second-order valence-corrected chi connectivity index (χ2v) is 10.7. The number of carbonyl (C=O) groups excluding carboxylic acids is 1. The van der Waals surface area contributed by atoms with E-state index in [9.17, 15) is 4.79 Å². The van der Waals surface area contributed by atoms with Gasteiger partial charge >= 0.3 is 6.03 Å². The van der Waals surface area contributed by atoms with Crippen LogP contribution < -0.4 is 11.1 Å². The Morgan fingerprint density at radius 3 is 2.60 bits per heavy atom. The molecule has 0 bridgehead atoms. The summed E-state index contributed by atoms with van der Waals surface area (Å²) in [5.41, 5.74) is 12.9. The molecule has 0 radical (unpaired) electrons. The summed E-state index contributed by atoms with van der Waals surface area (Å²) in [7, 11) is 0. The number of hydrogen-bond acceptors (Lipinski definition) is 5. The fraction of sp³-hybridized carbons (Fsp3) is 0.258. The predicted octanol–water partition coefficient (Wildman–Crippen LogP) is 5.71. The first kappa shape index (κ1) is 26.1. The SMILES string of the molecule is Cc1nccn1CCC1=Cc2cccnc2C(N2CCN(C(=O)Nc3ccc(N)cc3)CC2)c2ccc(Cl)cc21. The third-order valence-corrected chi connectivity index (χ3v) is 8.03. The lowest BCUT2D eigenvalue weighted by molar-refractivity contribution is 0.125. The molecule has 2 aromatic carbocycles. The van der Waals surface area contributed by atoms with Gasteiger partial charge in [-0.05, 0) is 84.1 Å². The number of aromatic nitrogens is 3. The second-order valence-electron chi connectivity index (χ2n) is 10.3. The van der Waals surface area contributed by atoms with Crippen molar-refractivity contribution >= 4 is 40.7 Å². The Kier molecular flexibility index (Phi) is 7.28. The van der Waals surface area contributed by atoms with Crippen LogP contribution in [-0.4, -0.2) is 56.5 Å². The van der Waals surface area contributed by atoms with E-state index in [2.05, 4.69) is 44.0 Å². The highest BCUT2D eigenvalue weighted by Gasteiger charge is 2.33. The van der Waals surface area contributed by atoms with Gasteiger partial charge in [-0.1, -0.05) is 23.7 Å². The van der Waals surface area contributed by atoms with Gasteiger partial charge in [-0.25, -0.2) is 9.78 Å². The van der Waals surface area contributed by atoms with Crippen molar-refractivity contribution in [1.82, 2.24) is 24.3 Å². The minimum absolute atomic E-state index is 0.0468. The standard InChI is InChI=1S/C31H32ClN7O/c1-21-34-12-14-37(21)13-10-22-19-23-3-2-11-35-29(23)30(27-9-4-24(32)20-28(22)27)38-15-17-39(18-16-38)31(40)36-26-7-5-25(33)6-8-26/h2-9,11-12,14,19-20,30H,10,13,15-18,33H2,1H3,(H,36,40). The summed E-state index contributed by atoms with van der Waals surface area (Å²) in [6.07, 6.45) is 8.83. The van der Waals surface area contributed by atoms with E-state index in [1.165, 1.54) is 11.1 Å². The van der Waals surface area contributed by atoms with E-state index in [4.69, 9.17) is 22.3 Å². The molecule has 8 nitrogen and oxygen atoms in total. The number of halogens is 1. The van der Waals surface area contributed by atoms with Crippen LogP contribution in [0.1, 0.15) is 40.7 Å². The second kappa shape index (κ2) is 11.2. The molecule has 9 heteroatoms. The van der Waals surface area contributed by atoms with Gasteiger partial charge in [-0.2, -0.15) is 0 Å². The Hall–Kier alpha value is -4.14. The molecule has 6 rings (SSSR count). The highest BCUT2D eigenvalue weighted by molar-refractivity contribution is 6.30.